The normalized spacial score (nSPS) is 16.5. The fraction of sp³-hybridized carbons (Fsp3) is 0.333. The fourth-order valence-electron chi connectivity index (χ4n) is 2.52. The number of halogens is 3. The summed E-state index contributed by atoms with van der Waals surface area (Å²) in [5.41, 5.74) is 0.873. The van der Waals surface area contributed by atoms with Gasteiger partial charge in [-0.1, -0.05) is 12.2 Å². The molecule has 26 heavy (non-hydrogen) atoms. The van der Waals surface area contributed by atoms with Crippen molar-refractivity contribution in [3.8, 4) is 11.5 Å². The first kappa shape index (κ1) is 19.6. The molecule has 0 aliphatic carbocycles. The monoisotopic (exact) mass is 369 g/mol. The van der Waals surface area contributed by atoms with Crippen LogP contribution in [-0.2, 0) is 16.1 Å². The van der Waals surface area contributed by atoms with E-state index in [0.29, 0.717) is 27.5 Å². The van der Waals surface area contributed by atoms with Crippen molar-refractivity contribution in [1.29, 1.82) is 0 Å². The molecular formula is C18H18F3NO4. The average molecular weight is 369 g/mol. The highest BCUT2D eigenvalue weighted by Gasteiger charge is 2.42. The van der Waals surface area contributed by atoms with Crippen LogP contribution in [0.25, 0.3) is 6.08 Å². The van der Waals surface area contributed by atoms with E-state index in [0.717, 1.165) is 0 Å². The number of methoxy groups -OCH3 is 2. The Balaban J connectivity index is 2.54. The molecule has 1 amide bonds. The molecule has 0 fully saturated rings. The zero-order valence-corrected chi connectivity index (χ0v) is 14.3. The molecular weight excluding hydrogens is 351 g/mol. The highest BCUT2D eigenvalue weighted by Crippen LogP contribution is 2.32. The minimum atomic E-state index is -4.98. The van der Waals surface area contributed by atoms with Gasteiger partial charge in [0.25, 0.3) is 0 Å². The number of ketones is 1. The van der Waals surface area contributed by atoms with E-state index in [1.54, 1.807) is 6.07 Å². The van der Waals surface area contributed by atoms with Crippen molar-refractivity contribution in [2.75, 3.05) is 20.8 Å². The Morgan fingerprint density at radius 2 is 1.73 bits per heavy atom. The van der Waals surface area contributed by atoms with E-state index in [1.807, 2.05) is 0 Å². The molecule has 0 spiro atoms. The smallest absolute Gasteiger partial charge is 0.471 e. The number of ether oxygens (including phenoxy) is 2. The summed E-state index contributed by atoms with van der Waals surface area (Å²) in [7, 11) is 2.82. The molecule has 0 saturated heterocycles. The predicted octanol–water partition coefficient (Wildman–Crippen LogP) is 3.14. The summed E-state index contributed by atoms with van der Waals surface area (Å²) < 4.78 is 49.1. The van der Waals surface area contributed by atoms with Crippen molar-refractivity contribution in [3.63, 3.8) is 0 Å². The molecule has 0 radical (unpaired) electrons. The van der Waals surface area contributed by atoms with Crippen LogP contribution in [-0.4, -0.2) is 43.5 Å². The molecule has 0 atom stereocenters. The maximum Gasteiger partial charge on any atom is 0.471 e. The lowest BCUT2D eigenvalue weighted by Gasteiger charge is -2.24. The van der Waals surface area contributed by atoms with Gasteiger partial charge in [0, 0.05) is 13.1 Å². The van der Waals surface area contributed by atoms with Gasteiger partial charge < -0.3 is 14.4 Å². The van der Waals surface area contributed by atoms with Crippen LogP contribution in [0, 0.1) is 0 Å². The van der Waals surface area contributed by atoms with Crippen molar-refractivity contribution >= 4 is 17.8 Å². The van der Waals surface area contributed by atoms with Gasteiger partial charge in [-0.25, -0.2) is 0 Å². The molecule has 1 aliphatic rings. The maximum atomic E-state index is 12.9. The summed E-state index contributed by atoms with van der Waals surface area (Å²) in [4.78, 5) is 24.2. The van der Waals surface area contributed by atoms with Crippen molar-refractivity contribution in [3.05, 3.63) is 41.5 Å². The summed E-state index contributed by atoms with van der Waals surface area (Å²) in [6.45, 7) is -0.448. The Hall–Kier alpha value is -2.77. The highest BCUT2D eigenvalue weighted by atomic mass is 19.4. The lowest BCUT2D eigenvalue weighted by Crippen LogP contribution is -2.41. The van der Waals surface area contributed by atoms with E-state index in [9.17, 15) is 22.8 Å². The molecule has 0 aromatic heterocycles. The lowest BCUT2D eigenvalue weighted by atomic mass is 10.0. The molecule has 5 nitrogen and oxygen atoms in total. The standard InChI is InChI=1S/C18H18F3NO4/c1-25-15-9-12-6-7-14(23)5-3-4-8-22(17(24)18(19,20)21)11-13(12)10-16(15)26-2/h3,5-7,9-10H,4,8,11H2,1-2H3/b5-3?,7-6-. The van der Waals surface area contributed by atoms with Crippen LogP contribution in [0.4, 0.5) is 13.2 Å². The number of fused-ring (bicyclic) bond motifs is 1. The van der Waals surface area contributed by atoms with Crippen LogP contribution in [0.2, 0.25) is 0 Å². The zero-order valence-electron chi connectivity index (χ0n) is 14.3. The molecule has 140 valence electrons. The molecule has 8 heteroatoms. The summed E-state index contributed by atoms with van der Waals surface area (Å²) >= 11 is 0. The van der Waals surface area contributed by atoms with Crippen molar-refractivity contribution < 1.29 is 32.2 Å². The molecule has 0 saturated carbocycles. The Labute approximate surface area is 148 Å². The van der Waals surface area contributed by atoms with Gasteiger partial charge in [0.05, 0.1) is 14.2 Å². The number of alkyl halides is 3. The van der Waals surface area contributed by atoms with E-state index in [1.165, 1.54) is 44.6 Å². The number of hydrogen-bond donors (Lipinski definition) is 0. The SMILES string of the molecule is COc1cc2c(cc1OC)CN(C(=O)C(F)(F)F)CCC=CC(=O)/C=C\2. The van der Waals surface area contributed by atoms with Crippen LogP contribution in [0.1, 0.15) is 17.5 Å². The van der Waals surface area contributed by atoms with Crippen molar-refractivity contribution in [2.24, 2.45) is 0 Å². The number of rotatable bonds is 2. The molecule has 1 aromatic carbocycles. The molecule has 2 rings (SSSR count). The minimum Gasteiger partial charge on any atom is -0.493 e. The maximum absolute atomic E-state index is 12.9. The highest BCUT2D eigenvalue weighted by molar-refractivity contribution is 6.02. The number of allylic oxidation sites excluding steroid dienone is 2. The minimum absolute atomic E-state index is 0.129. The number of hydrogen-bond acceptors (Lipinski definition) is 4. The Bertz CT molecular complexity index is 754. The second-order valence-corrected chi connectivity index (χ2v) is 5.56. The van der Waals surface area contributed by atoms with Crippen LogP contribution >= 0.6 is 0 Å². The summed E-state index contributed by atoms with van der Waals surface area (Å²) in [5, 5.41) is 0. The van der Waals surface area contributed by atoms with Crippen molar-refractivity contribution in [1.82, 2.24) is 4.90 Å². The second kappa shape index (κ2) is 8.07. The quantitative estimate of drug-likeness (QED) is 0.804. The van der Waals surface area contributed by atoms with E-state index < -0.39 is 12.1 Å². The van der Waals surface area contributed by atoms with Crippen LogP contribution in [0.5, 0.6) is 11.5 Å². The number of benzene rings is 1. The Morgan fingerprint density at radius 1 is 1.08 bits per heavy atom. The number of nitrogens with zero attached hydrogens (tertiary/aromatic N) is 1. The number of carbonyl (C=O) groups is 2. The second-order valence-electron chi connectivity index (χ2n) is 5.56. The van der Waals surface area contributed by atoms with Crippen LogP contribution < -0.4 is 9.47 Å². The summed E-state index contributed by atoms with van der Waals surface area (Å²) in [5.74, 6) is -1.55. The topological polar surface area (TPSA) is 55.8 Å². The fourth-order valence-corrected chi connectivity index (χ4v) is 2.52. The Kier molecular flexibility index (Phi) is 6.07. The van der Waals surface area contributed by atoms with Crippen molar-refractivity contribution in [2.45, 2.75) is 19.1 Å². The van der Waals surface area contributed by atoms with Gasteiger partial charge in [-0.2, -0.15) is 13.2 Å². The number of amides is 1. The first-order chi connectivity index (χ1) is 12.3. The van der Waals surface area contributed by atoms with E-state index in [-0.39, 0.29) is 25.3 Å². The first-order valence-corrected chi connectivity index (χ1v) is 7.76. The van der Waals surface area contributed by atoms with E-state index in [4.69, 9.17) is 9.47 Å². The van der Waals surface area contributed by atoms with Gasteiger partial charge in [-0.3, -0.25) is 9.59 Å². The third-order valence-electron chi connectivity index (χ3n) is 3.81. The van der Waals surface area contributed by atoms with Gasteiger partial charge in [-0.05, 0) is 41.8 Å². The molecule has 1 aliphatic heterocycles. The van der Waals surface area contributed by atoms with Gasteiger partial charge >= 0.3 is 12.1 Å². The molecule has 1 aromatic rings. The number of carbonyl (C=O) groups excluding carboxylic acids is 2. The summed E-state index contributed by atoms with van der Waals surface area (Å²) in [6, 6.07) is 3.06. The first-order valence-electron chi connectivity index (χ1n) is 7.76. The third kappa shape index (κ3) is 4.65. The average Bonchev–Trinajstić information content (AvgIpc) is 2.63. The van der Waals surface area contributed by atoms with E-state index >= 15 is 0 Å². The molecule has 0 unspecified atom stereocenters. The van der Waals surface area contributed by atoms with Gasteiger partial charge in [0.15, 0.2) is 17.3 Å². The molecule has 0 N–H and O–H groups in total. The zero-order chi connectivity index (χ0) is 19.3. The van der Waals surface area contributed by atoms with Gasteiger partial charge in [0.1, 0.15) is 0 Å². The van der Waals surface area contributed by atoms with Crippen LogP contribution in [0.15, 0.2) is 30.4 Å². The van der Waals surface area contributed by atoms with Gasteiger partial charge in [0.2, 0.25) is 0 Å². The lowest BCUT2D eigenvalue weighted by molar-refractivity contribution is -0.186. The third-order valence-corrected chi connectivity index (χ3v) is 3.81. The van der Waals surface area contributed by atoms with E-state index in [2.05, 4.69) is 0 Å². The molecule has 0 bridgehead atoms. The van der Waals surface area contributed by atoms with Crippen LogP contribution in [0.3, 0.4) is 0 Å². The van der Waals surface area contributed by atoms with Gasteiger partial charge in [-0.15, -0.1) is 0 Å². The Morgan fingerprint density at radius 3 is 2.35 bits per heavy atom. The molecule has 1 heterocycles. The largest absolute Gasteiger partial charge is 0.493 e. The summed E-state index contributed by atoms with van der Waals surface area (Å²) in [6.07, 6.45) is 0.642. The predicted molar refractivity (Wildman–Crippen MR) is 88.8 cm³/mol.